The zero-order valence-corrected chi connectivity index (χ0v) is 12.8. The van der Waals surface area contributed by atoms with E-state index in [-0.39, 0.29) is 0 Å². The molecule has 0 unspecified atom stereocenters. The van der Waals surface area contributed by atoms with Crippen molar-refractivity contribution in [1.29, 1.82) is 0 Å². The van der Waals surface area contributed by atoms with E-state index >= 15 is 0 Å². The van der Waals surface area contributed by atoms with E-state index in [1.54, 1.807) is 0 Å². The van der Waals surface area contributed by atoms with Crippen LogP contribution < -0.4 is 4.74 Å². The van der Waals surface area contributed by atoms with E-state index in [0.29, 0.717) is 11.8 Å². The van der Waals surface area contributed by atoms with Gasteiger partial charge in [-0.1, -0.05) is 36.4 Å². The first-order valence-electron chi connectivity index (χ1n) is 6.87. The van der Waals surface area contributed by atoms with Crippen LogP contribution >= 0.6 is 11.6 Å². The highest BCUT2D eigenvalue weighted by molar-refractivity contribution is 6.17. The summed E-state index contributed by atoms with van der Waals surface area (Å²) < 4.78 is 6.07. The highest BCUT2D eigenvalue weighted by atomic mass is 35.5. The van der Waals surface area contributed by atoms with Crippen LogP contribution in [0, 0.1) is 13.8 Å². The normalized spacial score (nSPS) is 10.8. The van der Waals surface area contributed by atoms with Crippen LogP contribution in [-0.4, -0.2) is 4.98 Å². The molecule has 0 radical (unpaired) electrons. The quantitative estimate of drug-likeness (QED) is 0.605. The van der Waals surface area contributed by atoms with Crippen LogP contribution in [-0.2, 0) is 5.88 Å². The molecule has 2 nitrogen and oxygen atoms in total. The van der Waals surface area contributed by atoms with Crippen LogP contribution in [0.15, 0.2) is 48.5 Å². The first-order chi connectivity index (χ1) is 10.2. The summed E-state index contributed by atoms with van der Waals surface area (Å²) in [6, 6.07) is 16.1. The van der Waals surface area contributed by atoms with Crippen molar-refractivity contribution in [2.75, 3.05) is 0 Å². The fraction of sp³-hybridized carbons (Fsp3) is 0.167. The molecule has 1 aromatic heterocycles. The van der Waals surface area contributed by atoms with Crippen LogP contribution in [0.4, 0.5) is 0 Å². The Morgan fingerprint density at radius 2 is 1.71 bits per heavy atom. The number of rotatable bonds is 3. The number of hydrogen-bond donors (Lipinski definition) is 0. The number of ether oxygens (including phenoxy) is 1. The van der Waals surface area contributed by atoms with Gasteiger partial charge in [0.15, 0.2) is 0 Å². The molecule has 0 amide bonds. The van der Waals surface area contributed by atoms with Gasteiger partial charge in [0.25, 0.3) is 0 Å². The average Bonchev–Trinajstić information content (AvgIpc) is 2.50. The minimum atomic E-state index is 0.373. The van der Waals surface area contributed by atoms with Crippen LogP contribution in [0.1, 0.15) is 16.7 Å². The van der Waals surface area contributed by atoms with Crippen molar-refractivity contribution in [3.63, 3.8) is 0 Å². The Kier molecular flexibility index (Phi) is 3.80. The lowest BCUT2D eigenvalue weighted by Gasteiger charge is -2.13. The number of aromatic nitrogens is 1. The van der Waals surface area contributed by atoms with Gasteiger partial charge < -0.3 is 4.74 Å². The van der Waals surface area contributed by atoms with E-state index < -0.39 is 0 Å². The number of alkyl halides is 1. The van der Waals surface area contributed by atoms with E-state index in [4.69, 9.17) is 16.3 Å². The maximum atomic E-state index is 6.07. The third kappa shape index (κ3) is 2.72. The van der Waals surface area contributed by atoms with Gasteiger partial charge in [0.2, 0.25) is 5.88 Å². The molecular formula is C18H16ClNO. The first kappa shape index (κ1) is 13.9. The monoisotopic (exact) mass is 297 g/mol. The van der Waals surface area contributed by atoms with E-state index in [0.717, 1.165) is 33.3 Å². The van der Waals surface area contributed by atoms with Crippen molar-refractivity contribution in [2.45, 2.75) is 19.7 Å². The third-order valence-electron chi connectivity index (χ3n) is 3.51. The Bertz CT molecular complexity index is 778. The molecule has 0 bridgehead atoms. The maximum absolute atomic E-state index is 6.07. The molecular weight excluding hydrogens is 282 g/mol. The van der Waals surface area contributed by atoms with Gasteiger partial charge in [-0.05, 0) is 37.1 Å². The highest BCUT2D eigenvalue weighted by Crippen LogP contribution is 2.31. The molecule has 3 heteroatoms. The van der Waals surface area contributed by atoms with Crippen LogP contribution in [0.3, 0.4) is 0 Å². The van der Waals surface area contributed by atoms with E-state index in [9.17, 15) is 0 Å². The highest BCUT2D eigenvalue weighted by Gasteiger charge is 2.11. The second kappa shape index (κ2) is 5.74. The Labute approximate surface area is 129 Å². The van der Waals surface area contributed by atoms with Crippen molar-refractivity contribution < 1.29 is 4.74 Å². The zero-order valence-electron chi connectivity index (χ0n) is 12.1. The molecule has 0 spiro atoms. The van der Waals surface area contributed by atoms with Gasteiger partial charge in [-0.2, -0.15) is 0 Å². The summed E-state index contributed by atoms with van der Waals surface area (Å²) in [5.41, 5.74) is 3.99. The van der Waals surface area contributed by atoms with E-state index in [1.807, 2.05) is 62.4 Å². The summed E-state index contributed by atoms with van der Waals surface area (Å²) in [6.07, 6.45) is 0. The second-order valence-electron chi connectivity index (χ2n) is 5.10. The molecule has 0 N–H and O–H groups in total. The van der Waals surface area contributed by atoms with Crippen molar-refractivity contribution in [1.82, 2.24) is 4.98 Å². The number of nitrogens with zero attached hydrogens (tertiary/aromatic N) is 1. The van der Waals surface area contributed by atoms with Gasteiger partial charge in [-0.3, -0.25) is 0 Å². The predicted molar refractivity (Wildman–Crippen MR) is 87.3 cm³/mol. The molecule has 106 valence electrons. The van der Waals surface area contributed by atoms with Gasteiger partial charge in [0.1, 0.15) is 5.75 Å². The number of hydrogen-bond acceptors (Lipinski definition) is 2. The molecule has 0 saturated heterocycles. The Morgan fingerprint density at radius 1 is 1.00 bits per heavy atom. The first-order valence-corrected chi connectivity index (χ1v) is 7.41. The van der Waals surface area contributed by atoms with Gasteiger partial charge in [0.05, 0.1) is 11.4 Å². The van der Waals surface area contributed by atoms with Gasteiger partial charge in [-0.25, -0.2) is 4.98 Å². The summed E-state index contributed by atoms with van der Waals surface area (Å²) in [5, 5.41) is 1.07. The lowest BCUT2D eigenvalue weighted by molar-refractivity contribution is 0.454. The second-order valence-corrected chi connectivity index (χ2v) is 5.37. The molecule has 21 heavy (non-hydrogen) atoms. The zero-order chi connectivity index (χ0) is 14.8. The number of aryl methyl sites for hydroxylation is 2. The maximum Gasteiger partial charge on any atom is 0.224 e. The summed E-state index contributed by atoms with van der Waals surface area (Å²) in [4.78, 5) is 4.62. The minimum absolute atomic E-state index is 0.373. The number of benzene rings is 2. The number of halogens is 1. The Hall–Kier alpha value is -2.06. The number of fused-ring (bicyclic) bond motifs is 1. The topological polar surface area (TPSA) is 22.1 Å². The van der Waals surface area contributed by atoms with Crippen LogP contribution in [0.5, 0.6) is 11.6 Å². The summed E-state index contributed by atoms with van der Waals surface area (Å²) in [7, 11) is 0. The smallest absolute Gasteiger partial charge is 0.224 e. The minimum Gasteiger partial charge on any atom is -0.438 e. The standard InChI is InChI=1S/C18H16ClNO/c1-12-6-5-7-13(2)17(12)21-18-15(11-19)10-14-8-3-4-9-16(14)20-18/h3-10H,11H2,1-2H3. The molecule has 3 rings (SSSR count). The SMILES string of the molecule is Cc1cccc(C)c1Oc1nc2ccccc2cc1CCl. The van der Waals surface area contributed by atoms with E-state index in [2.05, 4.69) is 4.98 Å². The molecule has 0 atom stereocenters. The van der Waals surface area contributed by atoms with Gasteiger partial charge in [0, 0.05) is 10.9 Å². The lowest BCUT2D eigenvalue weighted by atomic mass is 10.1. The van der Waals surface area contributed by atoms with Gasteiger partial charge in [-0.15, -0.1) is 11.6 Å². The average molecular weight is 298 g/mol. The summed E-state index contributed by atoms with van der Waals surface area (Å²) in [6.45, 7) is 4.06. The van der Waals surface area contributed by atoms with Gasteiger partial charge >= 0.3 is 0 Å². The summed E-state index contributed by atoms with van der Waals surface area (Å²) >= 11 is 6.06. The van der Waals surface area contributed by atoms with Crippen LogP contribution in [0.2, 0.25) is 0 Å². The molecule has 0 aliphatic carbocycles. The Balaban J connectivity index is 2.11. The fourth-order valence-electron chi connectivity index (χ4n) is 2.38. The molecule has 0 aliphatic rings. The van der Waals surface area contributed by atoms with Crippen molar-refractivity contribution in [3.05, 3.63) is 65.2 Å². The Morgan fingerprint density at radius 3 is 2.43 bits per heavy atom. The third-order valence-corrected chi connectivity index (χ3v) is 3.80. The number of para-hydroxylation sites is 2. The lowest BCUT2D eigenvalue weighted by Crippen LogP contribution is -1.97. The van der Waals surface area contributed by atoms with Crippen LogP contribution in [0.25, 0.3) is 10.9 Å². The molecule has 0 fully saturated rings. The fourth-order valence-corrected chi connectivity index (χ4v) is 2.57. The van der Waals surface area contributed by atoms with E-state index in [1.165, 1.54) is 0 Å². The summed E-state index contributed by atoms with van der Waals surface area (Å²) in [5.74, 6) is 1.81. The van der Waals surface area contributed by atoms with Crippen molar-refractivity contribution >= 4 is 22.5 Å². The van der Waals surface area contributed by atoms with Crippen molar-refractivity contribution in [3.8, 4) is 11.6 Å². The molecule has 1 heterocycles. The predicted octanol–water partition coefficient (Wildman–Crippen LogP) is 5.38. The molecule has 2 aromatic carbocycles. The largest absolute Gasteiger partial charge is 0.438 e. The van der Waals surface area contributed by atoms with Crippen molar-refractivity contribution in [2.24, 2.45) is 0 Å². The molecule has 0 aliphatic heterocycles. The molecule has 0 saturated carbocycles. The number of pyridine rings is 1. The molecule has 3 aromatic rings.